The van der Waals surface area contributed by atoms with Crippen molar-refractivity contribution in [1.29, 1.82) is 5.26 Å². The SMILES string of the molecule is CC1(C)CC(=O)C2=C(C1)N(c1ccccc1)C(N)=C(C#N)C2c1ccoc1. The zero-order valence-electron chi connectivity index (χ0n) is 15.4. The van der Waals surface area contributed by atoms with E-state index in [1.54, 1.807) is 18.6 Å². The summed E-state index contributed by atoms with van der Waals surface area (Å²) in [6.07, 6.45) is 4.30. The normalized spacial score (nSPS) is 21.9. The Morgan fingerprint density at radius 1 is 1.22 bits per heavy atom. The lowest BCUT2D eigenvalue weighted by atomic mass is 9.69. The molecular formula is C22H21N3O2. The van der Waals surface area contributed by atoms with E-state index in [2.05, 4.69) is 19.9 Å². The minimum absolute atomic E-state index is 0.0635. The van der Waals surface area contributed by atoms with Crippen LogP contribution in [0.4, 0.5) is 5.69 Å². The van der Waals surface area contributed by atoms with Crippen molar-refractivity contribution in [2.45, 2.75) is 32.6 Å². The highest BCUT2D eigenvalue weighted by Gasteiger charge is 2.44. The molecule has 0 saturated heterocycles. The molecule has 1 atom stereocenters. The molecule has 0 fully saturated rings. The number of allylic oxidation sites excluding steroid dienone is 3. The van der Waals surface area contributed by atoms with Crippen LogP contribution in [0.15, 0.2) is 76.0 Å². The number of para-hydroxylation sites is 1. The van der Waals surface area contributed by atoms with E-state index in [0.717, 1.165) is 16.9 Å². The molecule has 1 aromatic heterocycles. The molecule has 0 radical (unpaired) electrons. The van der Waals surface area contributed by atoms with Gasteiger partial charge in [0.1, 0.15) is 5.82 Å². The van der Waals surface area contributed by atoms with Crippen molar-refractivity contribution in [1.82, 2.24) is 0 Å². The molecule has 1 unspecified atom stereocenters. The Kier molecular flexibility index (Phi) is 3.92. The molecule has 5 nitrogen and oxygen atoms in total. The van der Waals surface area contributed by atoms with Crippen LogP contribution in [0.1, 0.15) is 38.2 Å². The average molecular weight is 359 g/mol. The first kappa shape index (κ1) is 17.2. The summed E-state index contributed by atoms with van der Waals surface area (Å²) in [5.74, 6) is -0.0416. The van der Waals surface area contributed by atoms with E-state index < -0.39 is 5.92 Å². The molecule has 27 heavy (non-hydrogen) atoms. The Balaban J connectivity index is 2.00. The Morgan fingerprint density at radius 2 is 1.96 bits per heavy atom. The molecular weight excluding hydrogens is 338 g/mol. The van der Waals surface area contributed by atoms with Crippen molar-refractivity contribution in [3.05, 3.63) is 77.2 Å². The van der Waals surface area contributed by atoms with Crippen LogP contribution in [0.3, 0.4) is 0 Å². The van der Waals surface area contributed by atoms with Crippen LogP contribution in [0.2, 0.25) is 0 Å². The maximum absolute atomic E-state index is 13.2. The van der Waals surface area contributed by atoms with Gasteiger partial charge < -0.3 is 10.2 Å². The zero-order chi connectivity index (χ0) is 19.2. The maximum Gasteiger partial charge on any atom is 0.162 e. The number of nitrogens with zero attached hydrogens (tertiary/aromatic N) is 2. The van der Waals surface area contributed by atoms with Gasteiger partial charge in [-0.05, 0) is 30.0 Å². The van der Waals surface area contributed by atoms with Crippen molar-refractivity contribution in [2.75, 3.05) is 4.90 Å². The van der Waals surface area contributed by atoms with E-state index in [1.165, 1.54) is 0 Å². The minimum atomic E-state index is -0.479. The third-order valence-electron chi connectivity index (χ3n) is 5.27. The topological polar surface area (TPSA) is 83.3 Å². The fraction of sp³-hybridized carbons (Fsp3) is 0.273. The molecule has 0 amide bonds. The predicted octanol–water partition coefficient (Wildman–Crippen LogP) is 4.22. The van der Waals surface area contributed by atoms with Gasteiger partial charge in [0.05, 0.1) is 30.1 Å². The average Bonchev–Trinajstić information content (AvgIpc) is 3.14. The number of ketones is 1. The lowest BCUT2D eigenvalue weighted by Crippen LogP contribution is -2.42. The number of nitrogens with two attached hydrogens (primary N) is 1. The highest BCUT2D eigenvalue weighted by Crippen LogP contribution is 2.50. The summed E-state index contributed by atoms with van der Waals surface area (Å²) in [5, 5.41) is 9.90. The van der Waals surface area contributed by atoms with E-state index in [0.29, 0.717) is 29.8 Å². The lowest BCUT2D eigenvalue weighted by Gasteiger charge is -2.43. The van der Waals surface area contributed by atoms with Crippen molar-refractivity contribution in [2.24, 2.45) is 11.1 Å². The Morgan fingerprint density at radius 3 is 2.59 bits per heavy atom. The molecule has 5 heteroatoms. The number of furan rings is 1. The number of hydrogen-bond donors (Lipinski definition) is 1. The van der Waals surface area contributed by atoms with Crippen LogP contribution in [0, 0.1) is 16.7 Å². The molecule has 0 saturated carbocycles. The number of hydrogen-bond acceptors (Lipinski definition) is 5. The fourth-order valence-electron chi connectivity index (χ4n) is 4.15. The highest BCUT2D eigenvalue weighted by atomic mass is 16.3. The summed E-state index contributed by atoms with van der Waals surface area (Å²) in [5.41, 5.74) is 9.89. The van der Waals surface area contributed by atoms with Crippen molar-refractivity contribution >= 4 is 11.5 Å². The summed E-state index contributed by atoms with van der Waals surface area (Å²) in [4.78, 5) is 15.1. The fourth-order valence-corrected chi connectivity index (χ4v) is 4.15. The summed E-state index contributed by atoms with van der Waals surface area (Å²) in [6, 6.07) is 13.7. The number of rotatable bonds is 2. The van der Waals surface area contributed by atoms with E-state index in [1.807, 2.05) is 35.2 Å². The van der Waals surface area contributed by atoms with E-state index in [-0.39, 0.29) is 11.2 Å². The zero-order valence-corrected chi connectivity index (χ0v) is 15.4. The summed E-state index contributed by atoms with van der Waals surface area (Å²) < 4.78 is 5.24. The number of nitriles is 1. The van der Waals surface area contributed by atoms with Crippen LogP contribution >= 0.6 is 0 Å². The van der Waals surface area contributed by atoms with Gasteiger partial charge >= 0.3 is 0 Å². The first-order valence-corrected chi connectivity index (χ1v) is 8.96. The van der Waals surface area contributed by atoms with Crippen LogP contribution in [0.25, 0.3) is 0 Å². The molecule has 2 heterocycles. The molecule has 1 aliphatic heterocycles. The second-order valence-corrected chi connectivity index (χ2v) is 7.87. The van der Waals surface area contributed by atoms with Crippen LogP contribution < -0.4 is 10.6 Å². The molecule has 0 bridgehead atoms. The number of anilines is 1. The van der Waals surface area contributed by atoms with Crippen molar-refractivity contribution < 1.29 is 9.21 Å². The smallest absolute Gasteiger partial charge is 0.162 e. The standard InChI is InChI=1S/C22H21N3O2/c1-22(2)10-17-20(18(26)11-22)19(14-8-9-27-13-14)16(12-23)21(24)25(17)15-6-4-3-5-7-15/h3-9,13,19H,10-11,24H2,1-2H3. The summed E-state index contributed by atoms with van der Waals surface area (Å²) >= 11 is 0. The van der Waals surface area contributed by atoms with Crippen molar-refractivity contribution in [3.63, 3.8) is 0 Å². The Hall–Kier alpha value is -3.26. The van der Waals surface area contributed by atoms with Gasteiger partial charge in [0.25, 0.3) is 0 Å². The van der Waals surface area contributed by atoms with Gasteiger partial charge in [-0.1, -0.05) is 32.0 Å². The van der Waals surface area contributed by atoms with Crippen LogP contribution in [-0.4, -0.2) is 5.78 Å². The molecule has 4 rings (SSSR count). The number of Topliss-reactive ketones (excluding diaryl/α,β-unsaturated/α-hetero) is 1. The minimum Gasteiger partial charge on any atom is -0.472 e. The molecule has 1 aromatic carbocycles. The van der Waals surface area contributed by atoms with Gasteiger partial charge in [0.2, 0.25) is 0 Å². The highest BCUT2D eigenvalue weighted by molar-refractivity contribution is 6.01. The Bertz CT molecular complexity index is 992. The monoisotopic (exact) mass is 359 g/mol. The summed E-state index contributed by atoms with van der Waals surface area (Å²) in [6.45, 7) is 4.18. The quantitative estimate of drug-likeness (QED) is 0.868. The van der Waals surface area contributed by atoms with E-state index in [4.69, 9.17) is 10.2 Å². The largest absolute Gasteiger partial charge is 0.472 e. The molecule has 0 spiro atoms. The molecule has 2 aromatic rings. The molecule has 136 valence electrons. The molecule has 2 N–H and O–H groups in total. The van der Waals surface area contributed by atoms with E-state index in [9.17, 15) is 10.1 Å². The maximum atomic E-state index is 13.2. The van der Waals surface area contributed by atoms with Gasteiger partial charge in [-0.3, -0.25) is 9.69 Å². The van der Waals surface area contributed by atoms with E-state index >= 15 is 0 Å². The van der Waals surface area contributed by atoms with Crippen LogP contribution in [-0.2, 0) is 4.79 Å². The van der Waals surface area contributed by atoms with Gasteiger partial charge in [-0.15, -0.1) is 0 Å². The molecule has 1 aliphatic carbocycles. The third kappa shape index (κ3) is 2.74. The number of benzene rings is 1. The Labute approximate surface area is 158 Å². The molecule has 2 aliphatic rings. The third-order valence-corrected chi connectivity index (χ3v) is 5.27. The van der Waals surface area contributed by atoms with Crippen LogP contribution in [0.5, 0.6) is 0 Å². The van der Waals surface area contributed by atoms with Gasteiger partial charge in [0, 0.05) is 28.9 Å². The van der Waals surface area contributed by atoms with Gasteiger partial charge in [-0.2, -0.15) is 5.26 Å². The summed E-state index contributed by atoms with van der Waals surface area (Å²) in [7, 11) is 0. The number of carbonyl (C=O) groups is 1. The second kappa shape index (κ2) is 6.17. The van der Waals surface area contributed by atoms with Gasteiger partial charge in [-0.25, -0.2) is 0 Å². The lowest BCUT2D eigenvalue weighted by molar-refractivity contribution is -0.118. The second-order valence-electron chi connectivity index (χ2n) is 7.87. The van der Waals surface area contributed by atoms with Gasteiger partial charge in [0.15, 0.2) is 5.78 Å². The number of carbonyl (C=O) groups excluding carboxylic acids is 1. The first-order chi connectivity index (χ1) is 12.9. The predicted molar refractivity (Wildman–Crippen MR) is 102 cm³/mol. The first-order valence-electron chi connectivity index (χ1n) is 8.96. The van der Waals surface area contributed by atoms with Crippen molar-refractivity contribution in [3.8, 4) is 6.07 Å².